The molecule has 0 aliphatic carbocycles. The fraction of sp³-hybridized carbons (Fsp3) is 0.111. The van der Waals surface area contributed by atoms with Crippen LogP contribution in [0.15, 0.2) is 74.6 Å². The highest BCUT2D eigenvalue weighted by Crippen LogP contribution is 2.51. The molecule has 1 aromatic heterocycles. The van der Waals surface area contributed by atoms with Gasteiger partial charge in [0.2, 0.25) is 5.69 Å². The van der Waals surface area contributed by atoms with Crippen LogP contribution in [0.5, 0.6) is 0 Å². The van der Waals surface area contributed by atoms with Crippen molar-refractivity contribution in [1.82, 2.24) is 4.98 Å². The number of aryl methyl sites for hydroxylation is 2. The van der Waals surface area contributed by atoms with Crippen molar-refractivity contribution in [3.8, 4) is 11.3 Å². The van der Waals surface area contributed by atoms with E-state index in [4.69, 9.17) is 0 Å². The molecule has 0 radical (unpaired) electrons. The van der Waals surface area contributed by atoms with Gasteiger partial charge in [0.15, 0.2) is 6.20 Å². The molecule has 2 heterocycles. The van der Waals surface area contributed by atoms with Gasteiger partial charge in [-0.1, -0.05) is 41.7 Å². The predicted octanol–water partition coefficient (Wildman–Crippen LogP) is 4.50. The molecular weight excluding hydrogens is 308 g/mol. The minimum atomic E-state index is 1.16. The summed E-state index contributed by atoms with van der Waals surface area (Å²) in [6, 6.07) is 13.1. The van der Waals surface area contributed by atoms with Crippen molar-refractivity contribution in [3.05, 3.63) is 60.6 Å². The zero-order valence-corrected chi connectivity index (χ0v) is 14.0. The SMILES string of the molecule is Cc1ccc2c(c1-c1cncc[n+]1C)Sc1ccccc1S2. The van der Waals surface area contributed by atoms with Crippen LogP contribution in [0.4, 0.5) is 0 Å². The first-order valence-corrected chi connectivity index (χ1v) is 8.75. The Morgan fingerprint density at radius 1 is 0.955 bits per heavy atom. The Morgan fingerprint density at radius 3 is 2.50 bits per heavy atom. The molecule has 4 rings (SSSR count). The molecule has 0 spiro atoms. The summed E-state index contributed by atoms with van der Waals surface area (Å²) in [6.07, 6.45) is 5.78. The Balaban J connectivity index is 1.94. The molecule has 4 heteroatoms. The predicted molar refractivity (Wildman–Crippen MR) is 90.3 cm³/mol. The molecule has 0 bridgehead atoms. The molecule has 0 saturated heterocycles. The van der Waals surface area contributed by atoms with Gasteiger partial charge in [-0.3, -0.25) is 4.98 Å². The monoisotopic (exact) mass is 323 g/mol. The molecule has 0 saturated carbocycles. The van der Waals surface area contributed by atoms with Crippen molar-refractivity contribution >= 4 is 23.5 Å². The van der Waals surface area contributed by atoms with Crippen molar-refractivity contribution in [2.45, 2.75) is 26.5 Å². The lowest BCUT2D eigenvalue weighted by atomic mass is 10.1. The second kappa shape index (κ2) is 5.45. The molecule has 1 aliphatic rings. The van der Waals surface area contributed by atoms with Gasteiger partial charge in [-0.25, -0.2) is 0 Å². The van der Waals surface area contributed by atoms with E-state index in [1.54, 1.807) is 0 Å². The first kappa shape index (κ1) is 13.9. The standard InChI is InChI=1S/C18H15N2S2/c1-12-7-8-16-18(17(12)13-11-19-9-10-20(13)2)22-15-6-4-3-5-14(15)21-16/h3-11H,1-2H3/q+1. The van der Waals surface area contributed by atoms with Gasteiger partial charge in [0.25, 0.3) is 0 Å². The summed E-state index contributed by atoms with van der Waals surface area (Å²) >= 11 is 3.72. The molecule has 108 valence electrons. The van der Waals surface area contributed by atoms with E-state index in [2.05, 4.69) is 59.9 Å². The zero-order valence-electron chi connectivity index (χ0n) is 12.4. The number of aromatic nitrogens is 2. The molecule has 22 heavy (non-hydrogen) atoms. The molecule has 0 atom stereocenters. The summed E-state index contributed by atoms with van der Waals surface area (Å²) in [6.45, 7) is 2.17. The van der Waals surface area contributed by atoms with E-state index in [0.717, 1.165) is 5.69 Å². The number of nitrogens with zero attached hydrogens (tertiary/aromatic N) is 2. The zero-order chi connectivity index (χ0) is 15.1. The van der Waals surface area contributed by atoms with Gasteiger partial charge in [0.1, 0.15) is 7.05 Å². The minimum absolute atomic E-state index is 1.16. The van der Waals surface area contributed by atoms with Gasteiger partial charge in [-0.2, -0.15) is 4.57 Å². The molecule has 0 unspecified atom stereocenters. The van der Waals surface area contributed by atoms with Crippen LogP contribution >= 0.6 is 23.5 Å². The summed E-state index contributed by atoms with van der Waals surface area (Å²) in [7, 11) is 2.07. The summed E-state index contributed by atoms with van der Waals surface area (Å²) in [5, 5.41) is 0. The first-order chi connectivity index (χ1) is 10.7. The Morgan fingerprint density at radius 2 is 1.73 bits per heavy atom. The van der Waals surface area contributed by atoms with E-state index in [9.17, 15) is 0 Å². The molecule has 0 N–H and O–H groups in total. The Bertz CT molecular complexity index is 875. The molecule has 2 nitrogen and oxygen atoms in total. The maximum Gasteiger partial charge on any atom is 0.232 e. The topological polar surface area (TPSA) is 16.8 Å². The lowest BCUT2D eigenvalue weighted by Gasteiger charge is -2.21. The summed E-state index contributed by atoms with van der Waals surface area (Å²) in [4.78, 5) is 9.66. The van der Waals surface area contributed by atoms with E-state index < -0.39 is 0 Å². The van der Waals surface area contributed by atoms with Crippen molar-refractivity contribution in [2.24, 2.45) is 7.05 Å². The first-order valence-electron chi connectivity index (χ1n) is 7.12. The molecule has 0 fully saturated rings. The van der Waals surface area contributed by atoms with E-state index in [0.29, 0.717) is 0 Å². The number of rotatable bonds is 1. The second-order valence-electron chi connectivity index (χ2n) is 5.31. The van der Waals surface area contributed by atoms with E-state index >= 15 is 0 Å². The molecule has 3 aromatic rings. The maximum absolute atomic E-state index is 4.32. The number of hydrogen-bond acceptors (Lipinski definition) is 3. The lowest BCUT2D eigenvalue weighted by Crippen LogP contribution is -2.31. The Hall–Kier alpha value is -1.78. The summed E-state index contributed by atoms with van der Waals surface area (Å²) < 4.78 is 2.14. The van der Waals surface area contributed by atoms with Gasteiger partial charge in [0, 0.05) is 19.6 Å². The Labute approximate surface area is 138 Å². The summed E-state index contributed by atoms with van der Waals surface area (Å²) in [5.74, 6) is 0. The van der Waals surface area contributed by atoms with Crippen molar-refractivity contribution in [2.75, 3.05) is 0 Å². The lowest BCUT2D eigenvalue weighted by molar-refractivity contribution is -0.661. The van der Waals surface area contributed by atoms with Crippen LogP contribution in [0.2, 0.25) is 0 Å². The van der Waals surface area contributed by atoms with E-state index in [1.165, 1.54) is 30.7 Å². The third kappa shape index (κ3) is 2.23. The van der Waals surface area contributed by atoms with Gasteiger partial charge in [-0.15, -0.1) is 0 Å². The smallest absolute Gasteiger partial charge is 0.232 e. The molecular formula is C18H15N2S2+. The highest BCUT2D eigenvalue weighted by Gasteiger charge is 2.25. The van der Waals surface area contributed by atoms with Crippen LogP contribution < -0.4 is 4.57 Å². The van der Waals surface area contributed by atoms with Gasteiger partial charge in [-0.05, 0) is 30.7 Å². The van der Waals surface area contributed by atoms with Crippen molar-refractivity contribution in [3.63, 3.8) is 0 Å². The average Bonchev–Trinajstić information content (AvgIpc) is 2.54. The van der Waals surface area contributed by atoms with Crippen LogP contribution in [-0.4, -0.2) is 4.98 Å². The third-order valence-corrected chi connectivity index (χ3v) is 6.42. The fourth-order valence-corrected chi connectivity index (χ4v) is 5.13. The number of hydrogen-bond donors (Lipinski definition) is 0. The largest absolute Gasteiger partial charge is 0.252 e. The van der Waals surface area contributed by atoms with Crippen LogP contribution in [0.3, 0.4) is 0 Å². The number of benzene rings is 2. The second-order valence-corrected chi connectivity index (χ2v) is 7.44. The van der Waals surface area contributed by atoms with Gasteiger partial charge < -0.3 is 0 Å². The third-order valence-electron chi connectivity index (χ3n) is 3.82. The summed E-state index contributed by atoms with van der Waals surface area (Å²) in [5.41, 5.74) is 3.74. The Kier molecular flexibility index (Phi) is 3.43. The minimum Gasteiger partial charge on any atom is -0.252 e. The van der Waals surface area contributed by atoms with Crippen molar-refractivity contribution < 1.29 is 4.57 Å². The van der Waals surface area contributed by atoms with Crippen LogP contribution in [0.25, 0.3) is 11.3 Å². The van der Waals surface area contributed by atoms with Crippen molar-refractivity contribution in [1.29, 1.82) is 0 Å². The normalized spacial score (nSPS) is 12.6. The van der Waals surface area contributed by atoms with E-state index in [1.807, 2.05) is 42.1 Å². The van der Waals surface area contributed by atoms with Crippen LogP contribution in [0, 0.1) is 6.92 Å². The van der Waals surface area contributed by atoms with Gasteiger partial charge >= 0.3 is 0 Å². The maximum atomic E-state index is 4.32. The number of fused-ring (bicyclic) bond motifs is 2. The molecule has 1 aliphatic heterocycles. The van der Waals surface area contributed by atoms with Crippen LogP contribution in [-0.2, 0) is 7.05 Å². The molecule has 2 aromatic carbocycles. The quantitative estimate of drug-likeness (QED) is 0.480. The van der Waals surface area contributed by atoms with Crippen LogP contribution in [0.1, 0.15) is 5.56 Å². The fourth-order valence-electron chi connectivity index (χ4n) is 2.67. The van der Waals surface area contributed by atoms with E-state index in [-0.39, 0.29) is 0 Å². The molecule has 0 amide bonds. The highest BCUT2D eigenvalue weighted by atomic mass is 32.2. The highest BCUT2D eigenvalue weighted by molar-refractivity contribution is 8.05. The van der Waals surface area contributed by atoms with Gasteiger partial charge in [0.05, 0.1) is 18.0 Å². The average molecular weight is 323 g/mol.